The molecule has 2 atom stereocenters. The van der Waals surface area contributed by atoms with Gasteiger partial charge in [-0.1, -0.05) is 43.0 Å². The number of nitrogens with zero attached hydrogens (tertiary/aromatic N) is 4. The number of anilines is 3. The maximum Gasteiger partial charge on any atom is 0.228 e. The van der Waals surface area contributed by atoms with E-state index in [1.165, 1.54) is 22.9 Å². The Morgan fingerprint density at radius 3 is 2.69 bits per heavy atom. The summed E-state index contributed by atoms with van der Waals surface area (Å²) in [5, 5.41) is 7.00. The first-order valence-corrected chi connectivity index (χ1v) is 17.2. The van der Waals surface area contributed by atoms with Crippen LogP contribution >= 0.6 is 23.7 Å². The Morgan fingerprint density at radius 2 is 1.96 bits per heavy atom. The van der Waals surface area contributed by atoms with Gasteiger partial charge in [-0.25, -0.2) is 19.3 Å². The van der Waals surface area contributed by atoms with Crippen LogP contribution in [0, 0.1) is 13.8 Å². The number of pyridine rings is 1. The van der Waals surface area contributed by atoms with Crippen LogP contribution in [0.25, 0.3) is 0 Å². The van der Waals surface area contributed by atoms with Crippen molar-refractivity contribution in [2.75, 3.05) is 35.7 Å². The second-order valence-electron chi connectivity index (χ2n) is 11.1. The summed E-state index contributed by atoms with van der Waals surface area (Å²) in [6.45, 7) is 10.6. The highest BCUT2D eigenvalue weighted by Crippen LogP contribution is 2.39. The van der Waals surface area contributed by atoms with Crippen LogP contribution in [-0.2, 0) is 11.3 Å². The Labute approximate surface area is 274 Å². The number of thioether (sulfide) groups is 1. The fraction of sp³-hybridized carbons (Fsp3) is 0.353. The minimum atomic E-state index is -0.220. The highest BCUT2D eigenvalue weighted by molar-refractivity contribution is 7.98. The molecule has 0 saturated carbocycles. The summed E-state index contributed by atoms with van der Waals surface area (Å²) < 4.78 is 8.59. The number of carbonyl (C=O) groups excluding carboxylic acids is 1. The lowest BCUT2D eigenvalue weighted by atomic mass is 9.83. The van der Waals surface area contributed by atoms with Crippen LogP contribution in [0.5, 0.6) is 5.88 Å². The highest BCUT2D eigenvalue weighted by Gasteiger charge is 2.26. The summed E-state index contributed by atoms with van der Waals surface area (Å²) in [5.74, 6) is 0.351. The predicted octanol–water partition coefficient (Wildman–Crippen LogP) is 7.07. The largest absolute Gasteiger partial charge is 0.472 e. The van der Waals surface area contributed by atoms with Gasteiger partial charge in [-0.15, -0.1) is 0 Å². The molecule has 236 valence electrons. The van der Waals surface area contributed by atoms with E-state index in [1.54, 1.807) is 30.5 Å². The van der Waals surface area contributed by atoms with Gasteiger partial charge in [-0.05, 0) is 91.4 Å². The molecule has 0 bridgehead atoms. The van der Waals surface area contributed by atoms with Crippen LogP contribution in [0.2, 0.25) is 0 Å². The van der Waals surface area contributed by atoms with E-state index < -0.39 is 0 Å². The van der Waals surface area contributed by atoms with E-state index in [9.17, 15) is 4.79 Å². The standard InChI is InChI=1S/C34H41N7O2S2/c1-6-26-20-41(45-30-9-8-14-37-33(30)43-26)19-24-15-23(11-10-21(24)3)28(27-12-13-29(36-7-2)32(35)22(27)4)16-31(42)40-25-17-38-34(44-5)39-18-25/h8-15,17-18,26,28,36H,6-7,16,19-20,35H2,1-5H3,(H,40,42)/t26-,28+/m1/s1. The third-order valence-electron chi connectivity index (χ3n) is 8.01. The molecular weight excluding hydrogens is 603 g/mol. The van der Waals surface area contributed by atoms with Crippen molar-refractivity contribution < 1.29 is 9.53 Å². The number of nitrogens with two attached hydrogens (primary N) is 1. The third kappa shape index (κ3) is 7.89. The van der Waals surface area contributed by atoms with Crippen molar-refractivity contribution in [2.24, 2.45) is 0 Å². The predicted molar refractivity (Wildman–Crippen MR) is 185 cm³/mol. The van der Waals surface area contributed by atoms with Crippen LogP contribution in [0.1, 0.15) is 60.4 Å². The number of hydrogen-bond donors (Lipinski definition) is 3. The van der Waals surface area contributed by atoms with Crippen LogP contribution < -0.4 is 21.1 Å². The van der Waals surface area contributed by atoms with Gasteiger partial charge in [0.25, 0.3) is 0 Å². The summed E-state index contributed by atoms with van der Waals surface area (Å²) >= 11 is 3.14. The van der Waals surface area contributed by atoms with Gasteiger partial charge in [-0.3, -0.25) is 4.79 Å². The average Bonchev–Trinajstić information content (AvgIpc) is 3.23. The van der Waals surface area contributed by atoms with Gasteiger partial charge in [0.2, 0.25) is 11.8 Å². The first-order chi connectivity index (χ1) is 21.8. The first kappa shape index (κ1) is 32.6. The topological polar surface area (TPSA) is 118 Å². The van der Waals surface area contributed by atoms with Gasteiger partial charge in [0.15, 0.2) is 5.16 Å². The Balaban J connectivity index is 1.47. The van der Waals surface area contributed by atoms with Gasteiger partial charge in [0, 0.05) is 38.2 Å². The summed E-state index contributed by atoms with van der Waals surface area (Å²) in [6, 6.07) is 14.6. The van der Waals surface area contributed by atoms with Gasteiger partial charge >= 0.3 is 0 Å². The van der Waals surface area contributed by atoms with Crippen molar-refractivity contribution in [3.63, 3.8) is 0 Å². The SMILES string of the molecule is CCNc1ccc([C@@H](CC(=O)Nc2cnc(SC)nc2)c2ccc(C)c(CN3C[C@@H](CC)Oc4ncccc4S3)c2)c(C)c1N. The van der Waals surface area contributed by atoms with Gasteiger partial charge in [0.1, 0.15) is 6.10 Å². The molecule has 0 aliphatic carbocycles. The zero-order valence-electron chi connectivity index (χ0n) is 26.5. The summed E-state index contributed by atoms with van der Waals surface area (Å²) in [7, 11) is 0. The molecule has 3 heterocycles. The number of nitrogens with one attached hydrogen (secondary N) is 2. The summed E-state index contributed by atoms with van der Waals surface area (Å²) in [5.41, 5.74) is 14.2. The maximum absolute atomic E-state index is 13.5. The maximum atomic E-state index is 13.5. The zero-order chi connectivity index (χ0) is 31.9. The molecule has 45 heavy (non-hydrogen) atoms. The molecule has 1 aliphatic rings. The van der Waals surface area contributed by atoms with E-state index >= 15 is 0 Å². The summed E-state index contributed by atoms with van der Waals surface area (Å²) in [6.07, 6.45) is 8.14. The van der Waals surface area contributed by atoms with Crippen LogP contribution in [0.3, 0.4) is 0 Å². The van der Waals surface area contributed by atoms with Crippen molar-refractivity contribution in [3.05, 3.63) is 88.9 Å². The number of benzene rings is 2. The molecule has 11 heteroatoms. The lowest BCUT2D eigenvalue weighted by molar-refractivity contribution is -0.116. The Kier molecular flexibility index (Phi) is 10.9. The second kappa shape index (κ2) is 15.0. The van der Waals surface area contributed by atoms with Crippen LogP contribution in [0.4, 0.5) is 17.1 Å². The fourth-order valence-electron chi connectivity index (χ4n) is 5.47. The fourth-order valence-corrected chi connectivity index (χ4v) is 6.83. The molecule has 4 aromatic rings. The van der Waals surface area contributed by atoms with Gasteiger partial charge < -0.3 is 21.1 Å². The van der Waals surface area contributed by atoms with E-state index in [1.807, 2.05) is 32.2 Å². The van der Waals surface area contributed by atoms with Gasteiger partial charge in [-0.2, -0.15) is 0 Å². The summed E-state index contributed by atoms with van der Waals surface area (Å²) in [4.78, 5) is 27.6. The molecule has 2 aromatic heterocycles. The average molecular weight is 644 g/mol. The van der Waals surface area contributed by atoms with E-state index in [0.29, 0.717) is 22.4 Å². The monoisotopic (exact) mass is 643 g/mol. The normalized spacial score (nSPS) is 15.4. The molecule has 0 spiro atoms. The van der Waals surface area contributed by atoms with Gasteiger partial charge in [0.05, 0.1) is 34.4 Å². The van der Waals surface area contributed by atoms with Crippen molar-refractivity contribution in [1.29, 1.82) is 0 Å². The number of carbonyl (C=O) groups is 1. The minimum absolute atomic E-state index is 0.0448. The Hall–Kier alpha value is -3.80. The number of aromatic nitrogens is 3. The molecule has 0 unspecified atom stereocenters. The molecule has 0 saturated heterocycles. The molecule has 5 rings (SSSR count). The second-order valence-corrected chi connectivity index (χ2v) is 13.0. The third-order valence-corrected chi connectivity index (χ3v) is 9.63. The Bertz CT molecular complexity index is 1630. The molecule has 1 aliphatic heterocycles. The molecular formula is C34H41N7O2S2. The lowest BCUT2D eigenvalue weighted by Gasteiger charge is -2.25. The van der Waals surface area contributed by atoms with E-state index in [0.717, 1.165) is 53.3 Å². The molecule has 4 N–H and O–H groups in total. The number of amides is 1. The van der Waals surface area contributed by atoms with Crippen molar-refractivity contribution in [2.45, 2.75) is 69.2 Å². The lowest BCUT2D eigenvalue weighted by Crippen LogP contribution is -2.29. The number of hydrogen-bond acceptors (Lipinski definition) is 10. The molecule has 0 radical (unpaired) electrons. The van der Waals surface area contributed by atoms with Crippen molar-refractivity contribution in [3.8, 4) is 5.88 Å². The van der Waals surface area contributed by atoms with E-state index in [-0.39, 0.29) is 24.3 Å². The first-order valence-electron chi connectivity index (χ1n) is 15.2. The molecule has 9 nitrogen and oxygen atoms in total. The van der Waals surface area contributed by atoms with Crippen LogP contribution in [0.15, 0.2) is 71.1 Å². The highest BCUT2D eigenvalue weighted by atomic mass is 32.2. The smallest absolute Gasteiger partial charge is 0.228 e. The number of aryl methyl sites for hydroxylation is 1. The van der Waals surface area contributed by atoms with Crippen molar-refractivity contribution >= 4 is 46.7 Å². The molecule has 2 aromatic carbocycles. The van der Waals surface area contributed by atoms with Crippen LogP contribution in [-0.4, -0.2) is 50.6 Å². The number of nitrogen functional groups attached to an aromatic ring is 1. The molecule has 1 amide bonds. The minimum Gasteiger partial charge on any atom is -0.472 e. The quantitative estimate of drug-likeness (QED) is 0.0678. The zero-order valence-corrected chi connectivity index (χ0v) is 28.1. The number of ether oxygens (including phenoxy) is 1. The van der Waals surface area contributed by atoms with Crippen molar-refractivity contribution in [1.82, 2.24) is 19.3 Å². The number of fused-ring (bicyclic) bond motifs is 1. The van der Waals surface area contributed by atoms with E-state index in [4.69, 9.17) is 10.5 Å². The Morgan fingerprint density at radius 1 is 1.16 bits per heavy atom. The number of rotatable bonds is 11. The molecule has 0 fully saturated rings. The van der Waals surface area contributed by atoms with E-state index in [2.05, 4.69) is 74.1 Å².